The number of allylic oxidation sites excluding steroid dienone is 2. The molecule has 0 aromatic carbocycles. The van der Waals surface area contributed by atoms with Gasteiger partial charge in [-0.25, -0.2) is 14.6 Å². The third kappa shape index (κ3) is 12.2. The van der Waals surface area contributed by atoms with Gasteiger partial charge in [0.15, 0.2) is 30.9 Å². The molecule has 5 saturated heterocycles. The Morgan fingerprint density at radius 2 is 1.25 bits per heavy atom. The summed E-state index contributed by atoms with van der Waals surface area (Å²) < 4.78 is 74.2. The zero-order chi connectivity index (χ0) is 62.0. The van der Waals surface area contributed by atoms with Gasteiger partial charge in [0.25, 0.3) is 0 Å². The molecule has 0 spiro atoms. The Morgan fingerprint density at radius 1 is 0.682 bits per heavy atom. The second kappa shape index (κ2) is 26.2. The van der Waals surface area contributed by atoms with E-state index in [-0.39, 0.29) is 62.9 Å². The number of esters is 1. The van der Waals surface area contributed by atoms with Crippen LogP contribution in [0.15, 0.2) is 23.3 Å². The molecule has 0 radical (unpaired) electrons. The van der Waals surface area contributed by atoms with E-state index in [0.717, 1.165) is 17.6 Å². The number of aliphatic hydroxyl groups excluding tert-OH is 5. The van der Waals surface area contributed by atoms with Crippen LogP contribution in [0, 0.1) is 28.6 Å². The van der Waals surface area contributed by atoms with E-state index in [1.165, 1.54) is 27.2 Å². The highest BCUT2D eigenvalue weighted by molar-refractivity contribution is 5.87. The van der Waals surface area contributed by atoms with Gasteiger partial charge in [-0.05, 0) is 111 Å². The number of hydrogen-bond acceptors (Lipinski definition) is 24. The first kappa shape index (κ1) is 67.2. The first-order valence-electron chi connectivity index (χ1n) is 30.8. The summed E-state index contributed by atoms with van der Waals surface area (Å²) in [6.07, 6.45) is -12.5. The van der Waals surface area contributed by atoms with Crippen molar-refractivity contribution in [1.82, 2.24) is 0 Å². The highest BCUT2D eigenvalue weighted by Gasteiger charge is 2.81. The Balaban J connectivity index is 0.770. The van der Waals surface area contributed by atoms with Crippen LogP contribution in [-0.2, 0) is 76.2 Å². The Hall–Kier alpha value is -2.22. The number of ether oxygens (including phenoxy) is 12. The van der Waals surface area contributed by atoms with E-state index in [1.54, 1.807) is 34.8 Å². The number of fused-ring (bicyclic) bond motifs is 5. The van der Waals surface area contributed by atoms with Crippen molar-refractivity contribution >= 4 is 11.8 Å². The molecule has 3 saturated carbocycles. The number of carbonyl (C=O) groups excluding carboxylic acids is 2. The molecule has 85 heavy (non-hydrogen) atoms. The number of ketones is 1. The number of methoxy groups -OCH3 is 3. The lowest BCUT2D eigenvalue weighted by atomic mass is 9.42. The fraction of sp³-hybridized carbons (Fsp3) is 0.902. The fourth-order valence-corrected chi connectivity index (χ4v) is 16.1. The second-order valence-corrected chi connectivity index (χ2v) is 26.7. The fourth-order valence-electron chi connectivity index (χ4n) is 16.1. The number of rotatable bonds is 18. The first-order chi connectivity index (χ1) is 40.0. The van der Waals surface area contributed by atoms with Gasteiger partial charge in [-0.1, -0.05) is 38.0 Å². The second-order valence-electron chi connectivity index (χ2n) is 26.7. The molecule has 486 valence electrons. The van der Waals surface area contributed by atoms with E-state index in [1.807, 2.05) is 33.8 Å². The van der Waals surface area contributed by atoms with Gasteiger partial charge in [-0.2, -0.15) is 0 Å². The summed E-state index contributed by atoms with van der Waals surface area (Å²) in [5.74, 6) is -1.59. The van der Waals surface area contributed by atoms with Gasteiger partial charge < -0.3 is 97.7 Å². The molecule has 0 aromatic rings. The van der Waals surface area contributed by atoms with E-state index in [9.17, 15) is 50.4 Å². The van der Waals surface area contributed by atoms with Gasteiger partial charge in [0.2, 0.25) is 0 Å². The Kier molecular flexibility index (Phi) is 20.7. The Morgan fingerprint density at radius 3 is 1.84 bits per heavy atom. The lowest BCUT2D eigenvalue weighted by Crippen LogP contribution is -2.78. The van der Waals surface area contributed by atoms with Crippen LogP contribution in [0.5, 0.6) is 0 Å². The summed E-state index contributed by atoms with van der Waals surface area (Å²) in [5.41, 5.74) is -6.13. The molecule has 29 atom stereocenters. The molecule has 5 aliphatic heterocycles. The summed E-state index contributed by atoms with van der Waals surface area (Å²) in [4.78, 5) is 38.7. The molecule has 0 bridgehead atoms. The molecule has 8 N–H and O–H groups in total. The molecule has 0 amide bonds. The quantitative estimate of drug-likeness (QED) is 0.0321. The van der Waals surface area contributed by atoms with Gasteiger partial charge in [0.1, 0.15) is 71.7 Å². The van der Waals surface area contributed by atoms with Crippen molar-refractivity contribution in [3.8, 4) is 0 Å². The monoisotopic (exact) mass is 1210 g/mol. The highest BCUT2D eigenvalue weighted by atomic mass is 17.2. The lowest BCUT2D eigenvalue weighted by molar-refractivity contribution is -0.447. The van der Waals surface area contributed by atoms with Gasteiger partial charge in [-0.3, -0.25) is 4.79 Å². The largest absolute Gasteiger partial charge is 0.458 e. The number of hydrogen-bond donors (Lipinski definition) is 8. The van der Waals surface area contributed by atoms with Crippen LogP contribution in [-0.4, -0.2) is 232 Å². The summed E-state index contributed by atoms with van der Waals surface area (Å²) >= 11 is 0. The van der Waals surface area contributed by atoms with Gasteiger partial charge in [-0.15, -0.1) is 0 Å². The van der Waals surface area contributed by atoms with Gasteiger partial charge in [0.05, 0.1) is 67.0 Å². The zero-order valence-corrected chi connectivity index (χ0v) is 51.7. The summed E-state index contributed by atoms with van der Waals surface area (Å²) in [7, 11) is 4.67. The van der Waals surface area contributed by atoms with Crippen LogP contribution in [0.1, 0.15) is 140 Å². The van der Waals surface area contributed by atoms with E-state index in [2.05, 4.69) is 6.92 Å². The van der Waals surface area contributed by atoms with E-state index in [0.29, 0.717) is 19.3 Å². The molecule has 4 aliphatic carbocycles. The maximum atomic E-state index is 13.6. The molecule has 5 heterocycles. The molecular weight excluding hydrogens is 1120 g/mol. The predicted octanol–water partition coefficient (Wildman–Crippen LogP) is 2.50. The maximum absolute atomic E-state index is 13.6. The summed E-state index contributed by atoms with van der Waals surface area (Å²) in [5, 5.41) is 90.5. The molecule has 8 fully saturated rings. The van der Waals surface area contributed by atoms with Crippen molar-refractivity contribution in [2.45, 2.75) is 292 Å². The average molecular weight is 1220 g/mol. The number of aliphatic hydroxyl groups is 8. The summed E-state index contributed by atoms with van der Waals surface area (Å²) in [6, 6.07) is 0. The molecule has 24 nitrogen and oxygen atoms in total. The molecule has 24 heteroatoms. The SMILES string of the molecule is CO[C@H]1C[C@H](O[C@@H]2[C@@H](C)O[C@@H](OO[C@H]3[C@@H](O)C[C@H](O[C@H]4[C@@H](OC)C[C@H]([C@H]5CC[C@@]6(C)C(=CC[C@]7(O)[C@@H]6C[C@@H](OC(=O)/C=C(\C)C(C)C)[C@@]6(C)[C@]7(O)CC[C@@]6(O)C(C)=O)C5)O[C@@H]4C)O[C@@H]3C)C[C@H]2OC)O[C@H](C)[C@H]1O[C@@H]1O[C@H](CO)[C@@H](O)[C@H](O)[C@H]1O. The minimum atomic E-state index is -2.04. The van der Waals surface area contributed by atoms with Crippen LogP contribution >= 0.6 is 0 Å². The average Bonchev–Trinajstić information content (AvgIpc) is 1.63. The van der Waals surface area contributed by atoms with Crippen molar-refractivity contribution in [3.63, 3.8) is 0 Å². The molecule has 0 aromatic heterocycles. The smallest absolute Gasteiger partial charge is 0.330 e. The van der Waals surface area contributed by atoms with Gasteiger partial charge >= 0.3 is 5.97 Å². The topological polar surface area (TPSA) is 325 Å². The van der Waals surface area contributed by atoms with Crippen molar-refractivity contribution in [2.75, 3.05) is 27.9 Å². The van der Waals surface area contributed by atoms with Crippen molar-refractivity contribution < 1.29 is 117 Å². The molecule has 0 unspecified atom stereocenters. The van der Waals surface area contributed by atoms with E-state index >= 15 is 0 Å². The molecule has 9 rings (SSSR count). The Labute approximate surface area is 498 Å². The van der Waals surface area contributed by atoms with Crippen LogP contribution in [0.3, 0.4) is 0 Å². The minimum Gasteiger partial charge on any atom is -0.458 e. The normalized spacial score (nSPS) is 50.4. The van der Waals surface area contributed by atoms with Crippen LogP contribution in [0.2, 0.25) is 0 Å². The minimum absolute atomic E-state index is 0.0465. The van der Waals surface area contributed by atoms with E-state index in [4.69, 9.17) is 66.6 Å². The van der Waals surface area contributed by atoms with Crippen molar-refractivity contribution in [2.24, 2.45) is 28.6 Å². The zero-order valence-electron chi connectivity index (χ0n) is 51.7. The van der Waals surface area contributed by atoms with Crippen LogP contribution in [0.4, 0.5) is 0 Å². The van der Waals surface area contributed by atoms with E-state index < -0.39 is 181 Å². The van der Waals surface area contributed by atoms with Crippen LogP contribution in [0.25, 0.3) is 0 Å². The van der Waals surface area contributed by atoms with Gasteiger partial charge in [0, 0.05) is 59.0 Å². The third-order valence-corrected chi connectivity index (χ3v) is 21.8. The maximum Gasteiger partial charge on any atom is 0.330 e. The number of Topliss-reactive ketones (excluding diaryl/α,β-unsaturated/α-hetero) is 1. The third-order valence-electron chi connectivity index (χ3n) is 21.8. The lowest BCUT2D eigenvalue weighted by Gasteiger charge is -2.67. The number of carbonyl (C=O) groups is 2. The van der Waals surface area contributed by atoms with Crippen LogP contribution < -0.4 is 0 Å². The van der Waals surface area contributed by atoms with Crippen molar-refractivity contribution in [1.29, 1.82) is 0 Å². The van der Waals surface area contributed by atoms with Crippen molar-refractivity contribution in [3.05, 3.63) is 23.3 Å². The summed E-state index contributed by atoms with van der Waals surface area (Å²) in [6.45, 7) is 17.4. The molecule has 9 aliphatic rings. The molecular formula is C61H98O24. The highest BCUT2D eigenvalue weighted by Crippen LogP contribution is 2.71. The Bertz CT molecular complexity index is 2360. The predicted molar refractivity (Wildman–Crippen MR) is 296 cm³/mol. The first-order valence-corrected chi connectivity index (χ1v) is 30.8. The standard InChI is InChI=1S/C61H98O24/c1-28(2)29(3)20-45(65)80-44-26-43-57(9)16-14-35(21-36(57)15-17-60(43,70)61(71)19-18-59(69,34(8)63)58(44,61)10)38-23-39(72-11)53(31(5)75-38)81-46-22-37(64)52(30(4)76-46)85-84-48-25-41(74-13)54(32(6)78-48)82-47-24-40(73-12)55(33(7)77-47)83-56-51(68)50(67)49(66)42(27-62)79-56/h15,20,28,30-33,35,37-44,46-56,62,64,66-71H,14,16-19,21-27H2,1-13H3/b29-20+/t30-,31-,32-,33-,35+,37+,38-,39+,40+,41-,42-,43-,44-,46+,47+,48+,49-,50+,51-,52-,53-,54-,55-,56+,57+,58-,59-,60+,61-/m1/s1.